The largest absolute Gasteiger partial charge is 0.394 e. The van der Waals surface area contributed by atoms with Gasteiger partial charge < -0.3 is 115 Å². The summed E-state index contributed by atoms with van der Waals surface area (Å²) in [6, 6.07) is 4.34. The minimum atomic E-state index is -1.72. The molecule has 35 heteroatoms. The van der Waals surface area contributed by atoms with Crippen LogP contribution in [0, 0.1) is 0 Å². The molecule has 96 heavy (non-hydrogen) atoms. The van der Waals surface area contributed by atoms with E-state index in [0.29, 0.717) is 37.8 Å². The number of aliphatic imine (C=N–C) groups is 2. The summed E-state index contributed by atoms with van der Waals surface area (Å²) in [4.78, 5) is 169. The van der Waals surface area contributed by atoms with Gasteiger partial charge in [-0.1, -0.05) is 60.7 Å². The van der Waals surface area contributed by atoms with E-state index in [4.69, 9.17) is 45.9 Å². The predicted octanol–water partition coefficient (Wildman–Crippen LogP) is -7.56. The van der Waals surface area contributed by atoms with Crippen LogP contribution in [0.25, 0.3) is 0 Å². The smallest absolute Gasteiger partial charge is 0.245 e. The lowest BCUT2D eigenvalue weighted by atomic mass is 10.0. The first-order valence-electron chi connectivity index (χ1n) is 31.8. The number of hydrogen-bond donors (Lipinski definition) is 21. The van der Waals surface area contributed by atoms with E-state index < -0.39 is 151 Å². The third-order valence-electron chi connectivity index (χ3n) is 14.6. The van der Waals surface area contributed by atoms with E-state index in [-0.39, 0.29) is 102 Å². The number of amides is 12. The van der Waals surface area contributed by atoms with Crippen LogP contribution in [-0.4, -0.2) is 205 Å². The third-order valence-corrected chi connectivity index (χ3v) is 14.6. The summed E-state index contributed by atoms with van der Waals surface area (Å²) in [7, 11) is 0. The first kappa shape index (κ1) is 82.5. The van der Waals surface area contributed by atoms with Gasteiger partial charge in [0, 0.05) is 32.5 Å². The Balaban J connectivity index is 2.17. The summed E-state index contributed by atoms with van der Waals surface area (Å²) < 4.78 is 0. The summed E-state index contributed by atoms with van der Waals surface area (Å²) in [5.41, 5.74) is 46.2. The number of aliphatic hydroxyl groups excluding tert-OH is 2. The van der Waals surface area contributed by atoms with E-state index >= 15 is 0 Å². The van der Waals surface area contributed by atoms with Crippen molar-refractivity contribution in [1.29, 1.82) is 0 Å². The second-order valence-corrected chi connectivity index (χ2v) is 22.8. The highest BCUT2D eigenvalue weighted by Crippen LogP contribution is 2.10. The number of guanidine groups is 2. The Hall–Kier alpha value is -9.58. The van der Waals surface area contributed by atoms with Crippen LogP contribution in [0.5, 0.6) is 0 Å². The van der Waals surface area contributed by atoms with E-state index in [1.54, 1.807) is 30.3 Å². The second-order valence-electron chi connectivity index (χ2n) is 22.8. The van der Waals surface area contributed by atoms with Crippen LogP contribution < -0.4 is 104 Å². The molecule has 0 fully saturated rings. The molecule has 29 N–H and O–H groups in total. The van der Waals surface area contributed by atoms with Gasteiger partial charge in [-0.2, -0.15) is 0 Å². The molecule has 35 nitrogen and oxygen atoms in total. The summed E-state index contributed by atoms with van der Waals surface area (Å²) >= 11 is 0. The number of unbranched alkanes of at least 4 members (excludes halogenated alkanes) is 2. The molecular weight excluding hydrogens is 1250 g/mol. The van der Waals surface area contributed by atoms with Gasteiger partial charge >= 0.3 is 0 Å². The van der Waals surface area contributed by atoms with Crippen LogP contribution >= 0.6 is 0 Å². The summed E-state index contributed by atoms with van der Waals surface area (Å²) in [5.74, 6) is -10.6. The highest BCUT2D eigenvalue weighted by molar-refractivity contribution is 5.98. The molecule has 0 saturated heterocycles. The van der Waals surface area contributed by atoms with Crippen molar-refractivity contribution < 1.29 is 67.7 Å². The molecule has 0 saturated carbocycles. The van der Waals surface area contributed by atoms with Gasteiger partial charge in [-0.15, -0.1) is 0 Å². The van der Waals surface area contributed by atoms with Gasteiger partial charge in [0.05, 0.1) is 25.3 Å². The molecule has 11 atom stereocenters. The fraction of sp³-hybridized carbons (Fsp3) is 0.574. The van der Waals surface area contributed by atoms with Gasteiger partial charge in [0.2, 0.25) is 70.9 Å². The van der Waals surface area contributed by atoms with Crippen LogP contribution in [0.4, 0.5) is 0 Å². The number of aliphatic hydroxyl groups is 2. The van der Waals surface area contributed by atoms with Crippen molar-refractivity contribution in [3.8, 4) is 0 Å². The monoisotopic (exact) mass is 1350 g/mol. The zero-order valence-corrected chi connectivity index (χ0v) is 54.8. The molecule has 0 aliphatic carbocycles. The van der Waals surface area contributed by atoms with Crippen molar-refractivity contribution in [2.75, 3.05) is 45.9 Å². The highest BCUT2D eigenvalue weighted by atomic mass is 16.3. The number of rotatable bonds is 47. The molecule has 0 spiro atoms. The zero-order chi connectivity index (χ0) is 71.7. The Morgan fingerprint density at radius 2 is 0.865 bits per heavy atom. The minimum Gasteiger partial charge on any atom is -0.394 e. The SMILES string of the molecule is C[C@H](NC(=O)CNC(=O)[C@@H](NC(=O)[C@H](Cc1ccccc1)NC(=O)CCCNC(=O)[C@@H](N)Cc1ccccc1)[C@@H](C)O)C(=O)N[C@@H](CCCN=C(N)N)C(=O)N[C@@H](CCCCN)C(=O)N[C@@H](CO)C(=O)N[C@@H](C)C(=O)N[C@@H](CCCN=C(N)N)C(=O)N[C@@H](CCCCN)C(N)=O. The molecule has 534 valence electrons. The number of primary amides is 1. The number of nitrogens with one attached hydrogen (secondary N) is 11. The molecule has 0 aliphatic rings. The zero-order valence-electron chi connectivity index (χ0n) is 54.8. The molecule has 0 bridgehead atoms. The number of carbonyl (C=O) groups is 12. The molecular formula is C61H101N21O14. The maximum atomic E-state index is 14.1. The lowest BCUT2D eigenvalue weighted by molar-refractivity contribution is -0.136. The molecule has 2 aromatic rings. The van der Waals surface area contributed by atoms with Crippen molar-refractivity contribution in [1.82, 2.24) is 58.5 Å². The van der Waals surface area contributed by atoms with Gasteiger partial charge in [0.1, 0.15) is 54.4 Å². The Morgan fingerprint density at radius 1 is 0.438 bits per heavy atom. The van der Waals surface area contributed by atoms with Crippen molar-refractivity contribution in [2.45, 2.75) is 177 Å². The Bertz CT molecular complexity index is 2880. The number of nitrogens with zero attached hydrogens (tertiary/aromatic N) is 2. The van der Waals surface area contributed by atoms with Gasteiger partial charge in [-0.25, -0.2) is 0 Å². The van der Waals surface area contributed by atoms with Crippen LogP contribution in [0.2, 0.25) is 0 Å². The normalized spacial score (nSPS) is 14.3. The first-order chi connectivity index (χ1) is 45.6. The van der Waals surface area contributed by atoms with Gasteiger partial charge in [0.25, 0.3) is 0 Å². The standard InChI is InChI=1S/C61H101N21O14/c1-35(74-48(86)33-73-59(96)49(37(3)84)82-57(94)45(32-39-19-8-5-9-20-39)76-47(85)25-16-28-70-53(90)40(64)31-38-17-6-4-7-18-38)51(88)78-44(24-15-30-72-61(68)69)55(92)80-42(22-11-13-27-63)56(93)81-46(34-83)58(95)75-36(2)52(89)79-43(23-14-29-71-60(66)67)54(91)77-41(50(65)87)21-10-12-26-62/h4-9,17-20,35-37,40-46,49,83-84H,10-16,21-34,62-64H2,1-3H3,(H2,65,87)(H,70,90)(H,73,96)(H,74,86)(H,75,95)(H,76,85)(H,77,91)(H,78,88)(H,79,89)(H,80,92)(H,81,93)(H,82,94)(H4,66,67,71)(H4,68,69,72)/t35-,36-,37+,40-,41-,42-,43-,44-,45-,46-,49-/m0/s1. The third kappa shape index (κ3) is 33.5. The fourth-order valence-electron chi connectivity index (χ4n) is 9.24. The number of nitrogens with two attached hydrogens (primary N) is 8. The van der Waals surface area contributed by atoms with Gasteiger partial charge in [-0.05, 0) is 122 Å². The first-order valence-corrected chi connectivity index (χ1v) is 31.8. The molecule has 0 heterocycles. The highest BCUT2D eigenvalue weighted by Gasteiger charge is 2.34. The molecule has 2 aromatic carbocycles. The van der Waals surface area contributed by atoms with Gasteiger partial charge in [0.15, 0.2) is 11.9 Å². The number of carbonyl (C=O) groups excluding carboxylic acids is 12. The van der Waals surface area contributed by atoms with E-state index in [2.05, 4.69) is 68.5 Å². The van der Waals surface area contributed by atoms with Crippen LogP contribution in [0.1, 0.15) is 109 Å². The Kier molecular flexibility index (Phi) is 39.3. The van der Waals surface area contributed by atoms with E-state index in [1.165, 1.54) is 20.8 Å². The lowest BCUT2D eigenvalue weighted by Crippen LogP contribution is -2.60. The van der Waals surface area contributed by atoms with Crippen molar-refractivity contribution in [2.24, 2.45) is 55.9 Å². The molecule has 12 amide bonds. The van der Waals surface area contributed by atoms with Crippen molar-refractivity contribution >= 4 is 82.8 Å². The van der Waals surface area contributed by atoms with Crippen LogP contribution in [0.15, 0.2) is 70.6 Å². The van der Waals surface area contributed by atoms with Crippen LogP contribution in [-0.2, 0) is 70.4 Å². The quantitative estimate of drug-likeness (QED) is 0.0166. The molecule has 0 aliphatic heterocycles. The number of benzene rings is 2. The van der Waals surface area contributed by atoms with Crippen molar-refractivity contribution in [3.05, 3.63) is 71.8 Å². The summed E-state index contributed by atoms with van der Waals surface area (Å²) in [6.07, 6.45) is 0.666. The molecule has 0 aromatic heterocycles. The average Bonchev–Trinajstić information content (AvgIpc) is 2.35. The Labute approximate surface area is 557 Å². The average molecular weight is 1350 g/mol. The van der Waals surface area contributed by atoms with Crippen LogP contribution in [0.3, 0.4) is 0 Å². The second kappa shape index (κ2) is 45.7. The maximum absolute atomic E-state index is 14.1. The topological polar surface area (TPSA) is 611 Å². The number of hydrogen-bond acceptors (Lipinski definition) is 19. The van der Waals surface area contributed by atoms with E-state index in [9.17, 15) is 67.7 Å². The predicted molar refractivity (Wildman–Crippen MR) is 356 cm³/mol. The fourth-order valence-corrected chi connectivity index (χ4v) is 9.24. The maximum Gasteiger partial charge on any atom is 0.245 e. The minimum absolute atomic E-state index is 0.0122. The van der Waals surface area contributed by atoms with Crippen molar-refractivity contribution in [3.63, 3.8) is 0 Å². The van der Waals surface area contributed by atoms with E-state index in [0.717, 1.165) is 5.56 Å². The summed E-state index contributed by atoms with van der Waals surface area (Å²) in [5, 5.41) is 48.4. The molecule has 0 unspecified atom stereocenters. The van der Waals surface area contributed by atoms with E-state index in [1.807, 2.05) is 30.3 Å². The van der Waals surface area contributed by atoms with Gasteiger partial charge in [-0.3, -0.25) is 67.5 Å². The molecule has 0 radical (unpaired) electrons. The summed E-state index contributed by atoms with van der Waals surface area (Å²) in [6.45, 7) is 2.63. The molecule has 2 rings (SSSR count). The lowest BCUT2D eigenvalue weighted by Gasteiger charge is -2.26. The Morgan fingerprint density at radius 3 is 1.33 bits per heavy atom.